The molecule has 0 fully saturated rings. The molecular formula is C16H23N3O. The summed E-state index contributed by atoms with van der Waals surface area (Å²) < 4.78 is 7.27. The summed E-state index contributed by atoms with van der Waals surface area (Å²) in [4.78, 5) is 0. The molecule has 4 nitrogen and oxygen atoms in total. The van der Waals surface area contributed by atoms with Crippen molar-refractivity contribution in [1.82, 2.24) is 15.1 Å². The summed E-state index contributed by atoms with van der Waals surface area (Å²) in [6, 6.07) is 6.51. The fraction of sp³-hybridized carbons (Fsp3) is 0.438. The molecule has 2 aromatic rings. The number of hydrogen-bond donors (Lipinski definition) is 1. The number of nitrogens with one attached hydrogen (secondary N) is 1. The Morgan fingerprint density at radius 1 is 1.35 bits per heavy atom. The molecule has 0 saturated heterocycles. The number of nitrogens with zero attached hydrogens (tertiary/aromatic N) is 2. The van der Waals surface area contributed by atoms with Crippen molar-refractivity contribution < 1.29 is 4.74 Å². The highest BCUT2D eigenvalue weighted by molar-refractivity contribution is 5.40. The molecule has 1 N–H and O–H groups in total. The number of aryl methyl sites for hydroxylation is 2. The Kier molecular flexibility index (Phi) is 4.79. The molecule has 2 rings (SSSR count). The van der Waals surface area contributed by atoms with E-state index in [1.807, 2.05) is 17.9 Å². The van der Waals surface area contributed by atoms with Crippen LogP contribution in [-0.2, 0) is 7.05 Å². The maximum atomic E-state index is 5.43. The van der Waals surface area contributed by atoms with Gasteiger partial charge in [-0.15, -0.1) is 0 Å². The van der Waals surface area contributed by atoms with E-state index in [2.05, 4.69) is 48.7 Å². The second kappa shape index (κ2) is 6.57. The molecule has 0 aliphatic heterocycles. The Morgan fingerprint density at radius 2 is 2.15 bits per heavy atom. The maximum absolute atomic E-state index is 5.43. The number of benzene rings is 1. The SMILES string of the molecule is CCCNC(c1ccc(C)c(OC)c1)c1cnn(C)c1. The summed E-state index contributed by atoms with van der Waals surface area (Å²) in [5.74, 6) is 0.926. The number of ether oxygens (including phenoxy) is 1. The first-order valence-electron chi connectivity index (χ1n) is 7.02. The van der Waals surface area contributed by atoms with Crippen LogP contribution in [-0.4, -0.2) is 23.4 Å². The van der Waals surface area contributed by atoms with Gasteiger partial charge >= 0.3 is 0 Å². The lowest BCUT2D eigenvalue weighted by molar-refractivity contribution is 0.410. The zero-order valence-electron chi connectivity index (χ0n) is 12.7. The largest absolute Gasteiger partial charge is 0.496 e. The summed E-state index contributed by atoms with van der Waals surface area (Å²) >= 11 is 0. The van der Waals surface area contributed by atoms with Crippen molar-refractivity contribution in [3.63, 3.8) is 0 Å². The third-order valence-corrected chi connectivity index (χ3v) is 3.42. The molecule has 4 heteroatoms. The highest BCUT2D eigenvalue weighted by atomic mass is 16.5. The van der Waals surface area contributed by atoms with Gasteiger partial charge in [0.05, 0.1) is 19.3 Å². The van der Waals surface area contributed by atoms with Crippen LogP contribution in [0.25, 0.3) is 0 Å². The predicted octanol–water partition coefficient (Wildman–Crippen LogP) is 2.83. The van der Waals surface area contributed by atoms with Crippen LogP contribution in [0.5, 0.6) is 5.75 Å². The van der Waals surface area contributed by atoms with Crippen LogP contribution in [0.3, 0.4) is 0 Å². The van der Waals surface area contributed by atoms with Crippen LogP contribution >= 0.6 is 0 Å². The second-order valence-electron chi connectivity index (χ2n) is 5.06. The van der Waals surface area contributed by atoms with E-state index in [4.69, 9.17) is 4.74 Å². The third-order valence-electron chi connectivity index (χ3n) is 3.42. The topological polar surface area (TPSA) is 39.1 Å². The molecule has 108 valence electrons. The number of rotatable bonds is 6. The van der Waals surface area contributed by atoms with Crippen molar-refractivity contribution in [2.24, 2.45) is 7.05 Å². The monoisotopic (exact) mass is 273 g/mol. The summed E-state index contributed by atoms with van der Waals surface area (Å²) in [5, 5.41) is 7.85. The number of aromatic nitrogens is 2. The third kappa shape index (κ3) is 3.20. The Bertz CT molecular complexity index is 563. The molecule has 1 aromatic carbocycles. The Hall–Kier alpha value is -1.81. The summed E-state index contributed by atoms with van der Waals surface area (Å²) in [5.41, 5.74) is 3.53. The Labute approximate surface area is 120 Å². The van der Waals surface area contributed by atoms with Gasteiger partial charge < -0.3 is 10.1 Å². The van der Waals surface area contributed by atoms with Crippen molar-refractivity contribution >= 4 is 0 Å². The zero-order chi connectivity index (χ0) is 14.5. The molecule has 1 atom stereocenters. The lowest BCUT2D eigenvalue weighted by Crippen LogP contribution is -2.23. The van der Waals surface area contributed by atoms with Crippen molar-refractivity contribution in [2.75, 3.05) is 13.7 Å². The molecule has 0 aliphatic carbocycles. The van der Waals surface area contributed by atoms with Gasteiger partial charge in [-0.05, 0) is 37.1 Å². The molecule has 0 radical (unpaired) electrons. The fourth-order valence-corrected chi connectivity index (χ4v) is 2.32. The van der Waals surface area contributed by atoms with Crippen LogP contribution < -0.4 is 10.1 Å². The highest BCUT2D eigenvalue weighted by Crippen LogP contribution is 2.27. The average molecular weight is 273 g/mol. The predicted molar refractivity (Wildman–Crippen MR) is 81.1 cm³/mol. The van der Waals surface area contributed by atoms with Crippen molar-refractivity contribution in [1.29, 1.82) is 0 Å². The molecule has 0 aliphatic rings. The van der Waals surface area contributed by atoms with Crippen LogP contribution in [0.4, 0.5) is 0 Å². The smallest absolute Gasteiger partial charge is 0.122 e. The van der Waals surface area contributed by atoms with E-state index in [-0.39, 0.29) is 6.04 Å². The molecule has 1 unspecified atom stereocenters. The number of methoxy groups -OCH3 is 1. The van der Waals surface area contributed by atoms with Gasteiger partial charge in [0.15, 0.2) is 0 Å². The Morgan fingerprint density at radius 3 is 2.75 bits per heavy atom. The average Bonchev–Trinajstić information content (AvgIpc) is 2.87. The molecule has 20 heavy (non-hydrogen) atoms. The van der Waals surface area contributed by atoms with E-state index in [0.717, 1.165) is 24.3 Å². The zero-order valence-corrected chi connectivity index (χ0v) is 12.7. The van der Waals surface area contributed by atoms with Gasteiger partial charge in [-0.2, -0.15) is 5.10 Å². The van der Waals surface area contributed by atoms with Gasteiger partial charge in [0, 0.05) is 18.8 Å². The first-order chi connectivity index (χ1) is 9.65. The van der Waals surface area contributed by atoms with Crippen LogP contribution in [0.1, 0.15) is 36.1 Å². The van der Waals surface area contributed by atoms with Gasteiger partial charge in [0.2, 0.25) is 0 Å². The maximum Gasteiger partial charge on any atom is 0.122 e. The van der Waals surface area contributed by atoms with Crippen molar-refractivity contribution in [3.05, 3.63) is 47.3 Å². The highest BCUT2D eigenvalue weighted by Gasteiger charge is 2.16. The quantitative estimate of drug-likeness (QED) is 0.879. The fourth-order valence-electron chi connectivity index (χ4n) is 2.32. The van der Waals surface area contributed by atoms with Crippen LogP contribution in [0.2, 0.25) is 0 Å². The molecule has 0 bridgehead atoms. The minimum absolute atomic E-state index is 0.151. The molecule has 1 aromatic heterocycles. The first-order valence-corrected chi connectivity index (χ1v) is 7.02. The van der Waals surface area contributed by atoms with Crippen molar-refractivity contribution in [3.8, 4) is 5.75 Å². The molecule has 0 saturated carbocycles. The van der Waals surface area contributed by atoms with Gasteiger partial charge in [-0.25, -0.2) is 0 Å². The molecule has 0 spiro atoms. The van der Waals surface area contributed by atoms with E-state index in [1.54, 1.807) is 7.11 Å². The van der Waals surface area contributed by atoms with Crippen molar-refractivity contribution in [2.45, 2.75) is 26.3 Å². The van der Waals surface area contributed by atoms with E-state index < -0.39 is 0 Å². The number of hydrogen-bond acceptors (Lipinski definition) is 3. The van der Waals surface area contributed by atoms with E-state index in [1.165, 1.54) is 11.1 Å². The van der Waals surface area contributed by atoms with Gasteiger partial charge in [0.25, 0.3) is 0 Å². The summed E-state index contributed by atoms with van der Waals surface area (Å²) in [6.07, 6.45) is 5.07. The standard InChI is InChI=1S/C16H23N3O/c1-5-8-17-16(14-10-18-19(3)11-14)13-7-6-12(2)15(9-13)20-4/h6-7,9-11,16-17H,5,8H2,1-4H3. The molecule has 1 heterocycles. The van der Waals surface area contributed by atoms with Crippen LogP contribution in [0, 0.1) is 6.92 Å². The lowest BCUT2D eigenvalue weighted by atomic mass is 9.99. The van der Waals surface area contributed by atoms with Crippen LogP contribution in [0.15, 0.2) is 30.6 Å². The minimum Gasteiger partial charge on any atom is -0.496 e. The lowest BCUT2D eigenvalue weighted by Gasteiger charge is -2.19. The van der Waals surface area contributed by atoms with Gasteiger partial charge in [-0.1, -0.05) is 19.1 Å². The molecular weight excluding hydrogens is 250 g/mol. The van der Waals surface area contributed by atoms with E-state index in [0.29, 0.717) is 0 Å². The minimum atomic E-state index is 0.151. The normalized spacial score (nSPS) is 12.4. The first kappa shape index (κ1) is 14.6. The van der Waals surface area contributed by atoms with E-state index in [9.17, 15) is 0 Å². The second-order valence-corrected chi connectivity index (χ2v) is 5.06. The summed E-state index contributed by atoms with van der Waals surface area (Å²) in [6.45, 7) is 5.19. The summed E-state index contributed by atoms with van der Waals surface area (Å²) in [7, 11) is 3.65. The van der Waals surface area contributed by atoms with Gasteiger partial charge in [0.1, 0.15) is 5.75 Å². The Balaban J connectivity index is 2.35. The molecule has 0 amide bonds. The van der Waals surface area contributed by atoms with E-state index >= 15 is 0 Å². The van der Waals surface area contributed by atoms with Gasteiger partial charge in [-0.3, -0.25) is 4.68 Å².